The molecular weight excluding hydrogens is 224 g/mol. The van der Waals surface area contributed by atoms with Gasteiger partial charge in [0, 0.05) is 5.54 Å². The second-order valence-corrected chi connectivity index (χ2v) is 5.44. The first-order valence-corrected chi connectivity index (χ1v) is 6.64. The molecular formula is C15H26N2O. The Kier molecular flexibility index (Phi) is 6.16. The lowest BCUT2D eigenvalue weighted by Gasteiger charge is -2.17. The second-order valence-electron chi connectivity index (χ2n) is 5.44. The normalized spacial score (nSPS) is 11.6. The summed E-state index contributed by atoms with van der Waals surface area (Å²) in [4.78, 5) is 0. The second kappa shape index (κ2) is 7.39. The summed E-state index contributed by atoms with van der Waals surface area (Å²) in [5.74, 6) is 0.928. The predicted octanol–water partition coefficient (Wildman–Crippen LogP) is 2.34. The summed E-state index contributed by atoms with van der Waals surface area (Å²) >= 11 is 0. The van der Waals surface area contributed by atoms with E-state index >= 15 is 0 Å². The van der Waals surface area contributed by atoms with Crippen molar-refractivity contribution in [3.05, 3.63) is 29.8 Å². The standard InChI is InChI=1S/C15H26N2O/c1-15(2,16)9-5-10-17-11-8-13-6-4-7-14(12-13)18-3/h4,6-7,12,17H,5,8-11,16H2,1-3H3. The van der Waals surface area contributed by atoms with Crippen LogP contribution in [0.4, 0.5) is 0 Å². The van der Waals surface area contributed by atoms with Crippen LogP contribution in [0.2, 0.25) is 0 Å². The van der Waals surface area contributed by atoms with Crippen LogP contribution < -0.4 is 15.8 Å². The van der Waals surface area contributed by atoms with E-state index in [2.05, 4.69) is 31.3 Å². The topological polar surface area (TPSA) is 47.3 Å². The van der Waals surface area contributed by atoms with Crippen molar-refractivity contribution in [2.24, 2.45) is 5.73 Å². The van der Waals surface area contributed by atoms with Crippen LogP contribution in [0.1, 0.15) is 32.3 Å². The molecule has 0 aromatic heterocycles. The molecule has 18 heavy (non-hydrogen) atoms. The monoisotopic (exact) mass is 250 g/mol. The van der Waals surface area contributed by atoms with Gasteiger partial charge in [0.05, 0.1) is 7.11 Å². The highest BCUT2D eigenvalue weighted by atomic mass is 16.5. The van der Waals surface area contributed by atoms with Crippen molar-refractivity contribution in [2.45, 2.75) is 38.6 Å². The fourth-order valence-electron chi connectivity index (χ4n) is 1.85. The SMILES string of the molecule is COc1cccc(CCNCCCC(C)(C)N)c1. The molecule has 0 saturated heterocycles. The van der Waals surface area contributed by atoms with Crippen LogP contribution >= 0.6 is 0 Å². The number of rotatable bonds is 8. The molecule has 1 aromatic carbocycles. The van der Waals surface area contributed by atoms with Gasteiger partial charge in [0.25, 0.3) is 0 Å². The molecule has 3 N–H and O–H groups in total. The molecule has 0 saturated carbocycles. The Labute approximate surface area is 111 Å². The Morgan fingerprint density at radius 2 is 2.06 bits per heavy atom. The zero-order valence-corrected chi connectivity index (χ0v) is 11.8. The quantitative estimate of drug-likeness (QED) is 0.696. The van der Waals surface area contributed by atoms with Gasteiger partial charge >= 0.3 is 0 Å². The summed E-state index contributed by atoms with van der Waals surface area (Å²) in [6.07, 6.45) is 3.21. The lowest BCUT2D eigenvalue weighted by molar-refractivity contribution is 0.414. The number of hydrogen-bond donors (Lipinski definition) is 2. The van der Waals surface area contributed by atoms with Crippen LogP contribution in [0.5, 0.6) is 5.75 Å². The molecule has 0 radical (unpaired) electrons. The third-order valence-electron chi connectivity index (χ3n) is 2.90. The molecule has 1 rings (SSSR count). The molecule has 1 aromatic rings. The zero-order chi connectivity index (χ0) is 13.4. The first-order valence-electron chi connectivity index (χ1n) is 6.64. The lowest BCUT2D eigenvalue weighted by atomic mass is 10.0. The van der Waals surface area contributed by atoms with Crippen molar-refractivity contribution < 1.29 is 4.74 Å². The summed E-state index contributed by atoms with van der Waals surface area (Å²) in [5.41, 5.74) is 7.19. The van der Waals surface area contributed by atoms with Crippen molar-refractivity contribution in [3.63, 3.8) is 0 Å². The van der Waals surface area contributed by atoms with E-state index in [9.17, 15) is 0 Å². The maximum Gasteiger partial charge on any atom is 0.119 e. The van der Waals surface area contributed by atoms with E-state index in [4.69, 9.17) is 10.5 Å². The maximum absolute atomic E-state index is 5.93. The van der Waals surface area contributed by atoms with Crippen LogP contribution in [0.25, 0.3) is 0 Å². The molecule has 0 unspecified atom stereocenters. The molecule has 102 valence electrons. The van der Waals surface area contributed by atoms with E-state index in [1.807, 2.05) is 12.1 Å². The average Bonchev–Trinajstić information content (AvgIpc) is 2.32. The smallest absolute Gasteiger partial charge is 0.119 e. The van der Waals surface area contributed by atoms with E-state index in [0.29, 0.717) is 0 Å². The summed E-state index contributed by atoms with van der Waals surface area (Å²) in [7, 11) is 1.70. The molecule has 0 bridgehead atoms. The van der Waals surface area contributed by atoms with E-state index in [0.717, 1.165) is 38.1 Å². The fraction of sp³-hybridized carbons (Fsp3) is 0.600. The van der Waals surface area contributed by atoms with Crippen molar-refractivity contribution in [3.8, 4) is 5.75 Å². The fourth-order valence-corrected chi connectivity index (χ4v) is 1.85. The molecule has 0 fully saturated rings. The van der Waals surface area contributed by atoms with Gasteiger partial charge in [-0.25, -0.2) is 0 Å². The molecule has 0 aliphatic rings. The molecule has 0 atom stereocenters. The van der Waals surface area contributed by atoms with Crippen LogP contribution in [0.3, 0.4) is 0 Å². The van der Waals surface area contributed by atoms with Crippen molar-refractivity contribution in [1.29, 1.82) is 0 Å². The minimum atomic E-state index is -0.0471. The predicted molar refractivity (Wildman–Crippen MR) is 77.1 cm³/mol. The third kappa shape index (κ3) is 6.62. The van der Waals surface area contributed by atoms with Crippen molar-refractivity contribution >= 4 is 0 Å². The molecule has 0 heterocycles. The molecule has 0 spiro atoms. The molecule has 0 amide bonds. The zero-order valence-electron chi connectivity index (χ0n) is 11.8. The van der Waals surface area contributed by atoms with E-state index in [1.165, 1.54) is 5.56 Å². The van der Waals surface area contributed by atoms with Crippen molar-refractivity contribution in [2.75, 3.05) is 20.2 Å². The van der Waals surface area contributed by atoms with Crippen LogP contribution in [-0.4, -0.2) is 25.7 Å². The summed E-state index contributed by atoms with van der Waals surface area (Å²) in [5, 5.41) is 3.45. The van der Waals surface area contributed by atoms with Gasteiger partial charge in [0.2, 0.25) is 0 Å². The summed E-state index contributed by atoms with van der Waals surface area (Å²) < 4.78 is 5.20. The first-order chi connectivity index (χ1) is 8.51. The van der Waals surface area contributed by atoms with Gasteiger partial charge in [-0.15, -0.1) is 0 Å². The Hall–Kier alpha value is -1.06. The molecule has 0 aliphatic heterocycles. The van der Waals surface area contributed by atoms with Gasteiger partial charge in [0.1, 0.15) is 5.75 Å². The van der Waals surface area contributed by atoms with E-state index < -0.39 is 0 Å². The minimum Gasteiger partial charge on any atom is -0.497 e. The summed E-state index contributed by atoms with van der Waals surface area (Å²) in [6, 6.07) is 8.23. The van der Waals surface area contributed by atoms with Crippen LogP contribution in [-0.2, 0) is 6.42 Å². The number of ether oxygens (including phenoxy) is 1. The van der Waals surface area contributed by atoms with Gasteiger partial charge in [-0.05, 0) is 63.9 Å². The lowest BCUT2D eigenvalue weighted by Crippen LogP contribution is -2.33. The molecule has 0 aliphatic carbocycles. The van der Waals surface area contributed by atoms with Gasteiger partial charge in [0.15, 0.2) is 0 Å². The number of nitrogens with two attached hydrogens (primary N) is 1. The Balaban J connectivity index is 2.14. The largest absolute Gasteiger partial charge is 0.497 e. The average molecular weight is 250 g/mol. The van der Waals surface area contributed by atoms with Crippen molar-refractivity contribution in [1.82, 2.24) is 5.32 Å². The van der Waals surface area contributed by atoms with Gasteiger partial charge < -0.3 is 15.8 Å². The number of benzene rings is 1. The Morgan fingerprint density at radius 1 is 1.28 bits per heavy atom. The Morgan fingerprint density at radius 3 is 2.72 bits per heavy atom. The highest BCUT2D eigenvalue weighted by molar-refractivity contribution is 5.28. The third-order valence-corrected chi connectivity index (χ3v) is 2.90. The molecule has 3 nitrogen and oxygen atoms in total. The van der Waals surface area contributed by atoms with Crippen LogP contribution in [0.15, 0.2) is 24.3 Å². The van der Waals surface area contributed by atoms with Gasteiger partial charge in [-0.2, -0.15) is 0 Å². The number of nitrogens with one attached hydrogen (secondary N) is 1. The Bertz CT molecular complexity index is 345. The van der Waals surface area contributed by atoms with Gasteiger partial charge in [-0.1, -0.05) is 12.1 Å². The minimum absolute atomic E-state index is 0.0471. The number of methoxy groups -OCH3 is 1. The first kappa shape index (κ1) is 15.0. The summed E-state index contributed by atoms with van der Waals surface area (Å²) in [6.45, 7) is 6.18. The molecule has 3 heteroatoms. The van der Waals surface area contributed by atoms with E-state index in [1.54, 1.807) is 7.11 Å². The van der Waals surface area contributed by atoms with E-state index in [-0.39, 0.29) is 5.54 Å². The van der Waals surface area contributed by atoms with Gasteiger partial charge in [-0.3, -0.25) is 0 Å². The highest BCUT2D eigenvalue weighted by Crippen LogP contribution is 2.12. The highest BCUT2D eigenvalue weighted by Gasteiger charge is 2.08. The number of hydrogen-bond acceptors (Lipinski definition) is 3. The maximum atomic E-state index is 5.93. The van der Waals surface area contributed by atoms with Crippen LogP contribution in [0, 0.1) is 0 Å².